The topological polar surface area (TPSA) is 80.8 Å². The Morgan fingerprint density at radius 1 is 1.33 bits per heavy atom. The lowest BCUT2D eigenvalue weighted by molar-refractivity contribution is -0.125. The van der Waals surface area contributed by atoms with Crippen molar-refractivity contribution in [2.24, 2.45) is 17.8 Å². The lowest BCUT2D eigenvalue weighted by Crippen LogP contribution is -2.49. The van der Waals surface area contributed by atoms with E-state index < -0.39 is 5.54 Å². The molecule has 3 rings (SSSR count). The van der Waals surface area contributed by atoms with E-state index in [0.29, 0.717) is 25.6 Å². The zero-order chi connectivity index (χ0) is 19.8. The van der Waals surface area contributed by atoms with Gasteiger partial charge >= 0.3 is 6.09 Å². The van der Waals surface area contributed by atoms with Gasteiger partial charge in [0.25, 0.3) is 0 Å². The molecule has 2 aliphatic rings. The van der Waals surface area contributed by atoms with Crippen molar-refractivity contribution in [1.29, 1.82) is 0 Å². The predicted molar refractivity (Wildman–Crippen MR) is 100 cm³/mol. The van der Waals surface area contributed by atoms with Crippen LogP contribution in [0.15, 0.2) is 18.3 Å². The molecule has 2 fully saturated rings. The number of fused-ring (bicyclic) bond motifs is 1. The van der Waals surface area contributed by atoms with E-state index in [9.17, 15) is 9.59 Å². The van der Waals surface area contributed by atoms with Gasteiger partial charge in [-0.3, -0.25) is 4.79 Å². The van der Waals surface area contributed by atoms with Crippen LogP contribution in [-0.4, -0.2) is 53.2 Å². The molecular weight excluding hydrogens is 346 g/mol. The van der Waals surface area contributed by atoms with Gasteiger partial charge in [0.15, 0.2) is 0 Å². The molecule has 7 heteroatoms. The summed E-state index contributed by atoms with van der Waals surface area (Å²) in [5, 5.41) is 3.09. The summed E-state index contributed by atoms with van der Waals surface area (Å²) in [6.45, 7) is 11.0. The molecular formula is C20H29N3O4. The highest BCUT2D eigenvalue weighted by atomic mass is 16.6. The maximum Gasteiger partial charge on any atom is 0.410 e. The molecule has 1 aromatic rings. The average Bonchev–Trinajstić information content (AvgIpc) is 3.08. The number of carbonyl (C=O) groups is 2. The smallest absolute Gasteiger partial charge is 0.410 e. The fraction of sp³-hybridized carbons (Fsp3) is 0.650. The normalized spacial score (nSPS) is 23.8. The summed E-state index contributed by atoms with van der Waals surface area (Å²) < 4.78 is 11.0. The molecule has 1 aromatic heterocycles. The van der Waals surface area contributed by atoms with E-state index in [2.05, 4.69) is 10.3 Å². The van der Waals surface area contributed by atoms with Gasteiger partial charge in [-0.2, -0.15) is 0 Å². The molecule has 7 nitrogen and oxygen atoms in total. The Bertz CT molecular complexity index is 707. The lowest BCUT2D eigenvalue weighted by atomic mass is 10.1. The third kappa shape index (κ3) is 4.51. The number of ether oxygens (including phenoxy) is 2. The molecule has 2 heterocycles. The first-order valence-electron chi connectivity index (χ1n) is 9.50. The Balaban J connectivity index is 1.46. The molecule has 3 atom stereocenters. The molecule has 1 aliphatic carbocycles. The van der Waals surface area contributed by atoms with E-state index in [1.54, 1.807) is 11.1 Å². The van der Waals surface area contributed by atoms with Crippen LogP contribution in [0.1, 0.15) is 33.3 Å². The summed E-state index contributed by atoms with van der Waals surface area (Å²) in [6, 6.07) is 3.80. The van der Waals surface area contributed by atoms with Gasteiger partial charge in [-0.05, 0) is 52.5 Å². The molecule has 1 unspecified atom stereocenters. The van der Waals surface area contributed by atoms with E-state index in [4.69, 9.17) is 9.47 Å². The number of likely N-dealkylation sites (tertiary alicyclic amines) is 1. The molecule has 27 heavy (non-hydrogen) atoms. The molecule has 1 N–H and O–H groups in total. The molecule has 0 bridgehead atoms. The number of carbonyl (C=O) groups excluding carboxylic acids is 2. The monoisotopic (exact) mass is 375 g/mol. The number of hydrogen-bond donors (Lipinski definition) is 1. The van der Waals surface area contributed by atoms with Crippen LogP contribution in [0, 0.1) is 24.7 Å². The predicted octanol–water partition coefficient (Wildman–Crippen LogP) is 2.39. The standard InChI is InChI=1S/C20H29N3O4/c1-12(2)27-19(25)23-9-14-15(10-23)16(14)17(24)22-20(4,5)11-26-18-13(3)7-6-8-21-18/h6-8,12,14-16H,9-11H2,1-5H3,(H,22,24)/t14-,15+,16?. The van der Waals surface area contributed by atoms with Gasteiger partial charge in [0, 0.05) is 30.8 Å². The summed E-state index contributed by atoms with van der Waals surface area (Å²) in [5.74, 6) is 1.07. The number of nitrogens with one attached hydrogen (secondary N) is 1. The summed E-state index contributed by atoms with van der Waals surface area (Å²) in [7, 11) is 0. The van der Waals surface area contributed by atoms with Crippen LogP contribution < -0.4 is 10.1 Å². The highest BCUT2D eigenvalue weighted by Crippen LogP contribution is 2.52. The number of pyridine rings is 1. The number of nitrogens with zero attached hydrogens (tertiary/aromatic N) is 2. The maximum atomic E-state index is 12.7. The van der Waals surface area contributed by atoms with Crippen LogP contribution in [-0.2, 0) is 9.53 Å². The minimum atomic E-state index is -0.506. The molecule has 1 aliphatic heterocycles. The first-order chi connectivity index (χ1) is 12.7. The minimum Gasteiger partial charge on any atom is -0.475 e. The Morgan fingerprint density at radius 3 is 2.59 bits per heavy atom. The summed E-state index contributed by atoms with van der Waals surface area (Å²) in [4.78, 5) is 30.5. The van der Waals surface area contributed by atoms with E-state index in [1.165, 1.54) is 0 Å². The molecule has 0 aromatic carbocycles. The van der Waals surface area contributed by atoms with Crippen LogP contribution >= 0.6 is 0 Å². The fourth-order valence-electron chi connectivity index (χ4n) is 3.66. The molecule has 0 radical (unpaired) electrons. The van der Waals surface area contributed by atoms with Crippen molar-refractivity contribution in [2.45, 2.75) is 46.3 Å². The second kappa shape index (κ2) is 7.37. The Hall–Kier alpha value is -2.31. The fourth-order valence-corrected chi connectivity index (χ4v) is 3.66. The SMILES string of the molecule is Cc1cccnc1OCC(C)(C)NC(=O)C1[C@H]2CN(C(=O)OC(C)C)C[C@@H]12. The average molecular weight is 375 g/mol. The van der Waals surface area contributed by atoms with Crippen molar-refractivity contribution in [3.05, 3.63) is 23.9 Å². The van der Waals surface area contributed by atoms with Crippen LogP contribution in [0.4, 0.5) is 4.79 Å². The second-order valence-electron chi connectivity index (χ2n) is 8.48. The molecule has 1 saturated heterocycles. The van der Waals surface area contributed by atoms with Gasteiger partial charge in [-0.25, -0.2) is 9.78 Å². The van der Waals surface area contributed by atoms with Crippen molar-refractivity contribution in [1.82, 2.24) is 15.2 Å². The zero-order valence-corrected chi connectivity index (χ0v) is 16.7. The molecule has 2 amide bonds. The largest absolute Gasteiger partial charge is 0.475 e. The van der Waals surface area contributed by atoms with Gasteiger partial charge in [-0.15, -0.1) is 0 Å². The van der Waals surface area contributed by atoms with Crippen molar-refractivity contribution < 1.29 is 19.1 Å². The summed E-state index contributed by atoms with van der Waals surface area (Å²) in [5.41, 5.74) is 0.457. The number of amides is 2. The number of piperidine rings is 1. The lowest BCUT2D eigenvalue weighted by Gasteiger charge is -2.27. The van der Waals surface area contributed by atoms with E-state index in [1.807, 2.05) is 46.8 Å². The quantitative estimate of drug-likeness (QED) is 0.826. The van der Waals surface area contributed by atoms with Gasteiger partial charge in [0.05, 0.1) is 11.6 Å². The number of rotatable bonds is 6. The number of aromatic nitrogens is 1. The Morgan fingerprint density at radius 2 is 2.00 bits per heavy atom. The highest BCUT2D eigenvalue weighted by Gasteiger charge is 2.60. The summed E-state index contributed by atoms with van der Waals surface area (Å²) >= 11 is 0. The van der Waals surface area contributed by atoms with E-state index >= 15 is 0 Å². The van der Waals surface area contributed by atoms with Crippen molar-refractivity contribution >= 4 is 12.0 Å². The van der Waals surface area contributed by atoms with Gasteiger partial charge in [-0.1, -0.05) is 6.07 Å². The van der Waals surface area contributed by atoms with Crippen molar-refractivity contribution in [2.75, 3.05) is 19.7 Å². The number of hydrogen-bond acceptors (Lipinski definition) is 5. The highest BCUT2D eigenvalue weighted by molar-refractivity contribution is 5.84. The van der Waals surface area contributed by atoms with Gasteiger partial charge < -0.3 is 19.7 Å². The molecule has 148 valence electrons. The first kappa shape index (κ1) is 19.5. The molecule has 1 saturated carbocycles. The third-order valence-electron chi connectivity index (χ3n) is 5.08. The van der Waals surface area contributed by atoms with Crippen molar-refractivity contribution in [3.63, 3.8) is 0 Å². The minimum absolute atomic E-state index is 0.0241. The van der Waals surface area contributed by atoms with Crippen molar-refractivity contribution in [3.8, 4) is 5.88 Å². The van der Waals surface area contributed by atoms with Crippen LogP contribution in [0.2, 0.25) is 0 Å². The first-order valence-corrected chi connectivity index (χ1v) is 9.50. The van der Waals surface area contributed by atoms with Crippen LogP contribution in [0.3, 0.4) is 0 Å². The van der Waals surface area contributed by atoms with Gasteiger partial charge in [0.2, 0.25) is 11.8 Å². The second-order valence-corrected chi connectivity index (χ2v) is 8.48. The zero-order valence-electron chi connectivity index (χ0n) is 16.7. The summed E-state index contributed by atoms with van der Waals surface area (Å²) in [6.07, 6.45) is 1.28. The van der Waals surface area contributed by atoms with E-state index in [0.717, 1.165) is 5.56 Å². The maximum absolute atomic E-state index is 12.7. The van der Waals surface area contributed by atoms with Crippen LogP contribution in [0.5, 0.6) is 5.88 Å². The van der Waals surface area contributed by atoms with Crippen LogP contribution in [0.25, 0.3) is 0 Å². The Labute approximate surface area is 160 Å². The van der Waals surface area contributed by atoms with Gasteiger partial charge in [0.1, 0.15) is 6.61 Å². The number of aryl methyl sites for hydroxylation is 1. The molecule has 0 spiro atoms. The Kier molecular flexibility index (Phi) is 5.31. The third-order valence-corrected chi connectivity index (χ3v) is 5.08. The van der Waals surface area contributed by atoms with E-state index in [-0.39, 0.29) is 35.9 Å².